The highest BCUT2D eigenvalue weighted by atomic mass is 35.5. The Morgan fingerprint density at radius 1 is 1.11 bits per heavy atom. The summed E-state index contributed by atoms with van der Waals surface area (Å²) in [5.41, 5.74) is 1.35. The summed E-state index contributed by atoms with van der Waals surface area (Å²) in [5, 5.41) is 3.42. The molecular weight excluding hydrogens is 407 g/mol. The minimum absolute atomic E-state index is 0.264. The van der Waals surface area contributed by atoms with E-state index in [0.29, 0.717) is 29.4 Å². The molecule has 2 aromatic carbocycles. The maximum atomic E-state index is 12.7. The number of amides is 1. The van der Waals surface area contributed by atoms with E-state index in [9.17, 15) is 13.2 Å². The molecule has 1 N–H and O–H groups in total. The lowest BCUT2D eigenvalue weighted by atomic mass is 10.1. The molecular formula is C19H22Cl2N2O3S. The van der Waals surface area contributed by atoms with Crippen molar-refractivity contribution >= 4 is 44.8 Å². The smallest absolute Gasteiger partial charge is 0.243 e. The van der Waals surface area contributed by atoms with Crippen molar-refractivity contribution in [1.29, 1.82) is 0 Å². The van der Waals surface area contributed by atoms with E-state index < -0.39 is 16.1 Å². The lowest BCUT2D eigenvalue weighted by Gasteiger charge is -2.30. The number of carbonyl (C=O) groups excluding carboxylic acids is 1. The summed E-state index contributed by atoms with van der Waals surface area (Å²) in [4.78, 5) is 12.7. The number of sulfonamides is 1. The van der Waals surface area contributed by atoms with E-state index >= 15 is 0 Å². The topological polar surface area (TPSA) is 66.5 Å². The average molecular weight is 429 g/mol. The van der Waals surface area contributed by atoms with Crippen LogP contribution in [-0.2, 0) is 21.2 Å². The number of anilines is 1. The molecule has 0 heterocycles. The van der Waals surface area contributed by atoms with Crippen molar-refractivity contribution in [2.24, 2.45) is 0 Å². The number of hydrogen-bond acceptors (Lipinski definition) is 3. The molecule has 5 nitrogen and oxygen atoms in total. The zero-order valence-corrected chi connectivity index (χ0v) is 17.5. The Morgan fingerprint density at radius 2 is 1.70 bits per heavy atom. The fraction of sp³-hybridized carbons (Fsp3) is 0.316. The highest BCUT2D eigenvalue weighted by Crippen LogP contribution is 2.29. The minimum Gasteiger partial charge on any atom is -0.354 e. The van der Waals surface area contributed by atoms with Crippen LogP contribution < -0.4 is 9.62 Å². The van der Waals surface area contributed by atoms with Crippen molar-refractivity contribution in [2.45, 2.75) is 25.8 Å². The molecule has 0 saturated carbocycles. The van der Waals surface area contributed by atoms with E-state index in [1.165, 1.54) is 18.2 Å². The van der Waals surface area contributed by atoms with E-state index in [1.807, 2.05) is 30.3 Å². The van der Waals surface area contributed by atoms with Crippen LogP contribution in [0.25, 0.3) is 0 Å². The second kappa shape index (κ2) is 9.44. The third-order valence-electron chi connectivity index (χ3n) is 3.99. The second-order valence-electron chi connectivity index (χ2n) is 6.14. The number of hydrogen-bond donors (Lipinski definition) is 1. The van der Waals surface area contributed by atoms with Gasteiger partial charge in [-0.3, -0.25) is 9.10 Å². The average Bonchev–Trinajstić information content (AvgIpc) is 2.58. The van der Waals surface area contributed by atoms with Crippen LogP contribution in [0.2, 0.25) is 10.0 Å². The van der Waals surface area contributed by atoms with Gasteiger partial charge in [0.05, 0.1) is 11.9 Å². The standard InChI is InChI=1S/C19H22Cl2N2O3S/c1-3-18(19(24)22-10-9-14-7-5-4-6-8-14)23(27(2,25)26)17-12-15(20)11-16(21)13-17/h4-8,11-13,18H,3,9-10H2,1-2H3,(H,22,24)/t18-/m1/s1. The largest absolute Gasteiger partial charge is 0.354 e. The Hall–Kier alpha value is -1.76. The van der Waals surface area contributed by atoms with Gasteiger partial charge in [0.1, 0.15) is 6.04 Å². The molecule has 2 aromatic rings. The third-order valence-corrected chi connectivity index (χ3v) is 5.60. The molecule has 8 heteroatoms. The molecule has 0 aliphatic rings. The Kier molecular flexibility index (Phi) is 7.53. The zero-order chi connectivity index (χ0) is 20.0. The van der Waals surface area contributed by atoms with Crippen LogP contribution in [0, 0.1) is 0 Å². The van der Waals surface area contributed by atoms with Crippen molar-refractivity contribution in [1.82, 2.24) is 5.32 Å². The Balaban J connectivity index is 2.20. The van der Waals surface area contributed by atoms with Gasteiger partial charge in [0.15, 0.2) is 0 Å². The van der Waals surface area contributed by atoms with Gasteiger partial charge in [0.25, 0.3) is 0 Å². The van der Waals surface area contributed by atoms with Crippen LogP contribution in [0.3, 0.4) is 0 Å². The summed E-state index contributed by atoms with van der Waals surface area (Å²) in [6.45, 7) is 2.17. The molecule has 0 radical (unpaired) electrons. The molecule has 1 atom stereocenters. The first kappa shape index (κ1) is 21.5. The molecule has 27 heavy (non-hydrogen) atoms. The number of benzene rings is 2. The SMILES string of the molecule is CC[C@H](C(=O)NCCc1ccccc1)N(c1cc(Cl)cc(Cl)c1)S(C)(=O)=O. The predicted octanol–water partition coefficient (Wildman–Crippen LogP) is 3.90. The molecule has 0 aromatic heterocycles. The first-order valence-corrected chi connectivity index (χ1v) is 11.1. The van der Waals surface area contributed by atoms with Crippen molar-refractivity contribution in [3.63, 3.8) is 0 Å². The molecule has 2 rings (SSSR count). The highest BCUT2D eigenvalue weighted by molar-refractivity contribution is 7.92. The highest BCUT2D eigenvalue weighted by Gasteiger charge is 2.31. The normalized spacial score (nSPS) is 12.4. The van der Waals surface area contributed by atoms with Crippen molar-refractivity contribution in [2.75, 3.05) is 17.1 Å². The van der Waals surface area contributed by atoms with Crippen molar-refractivity contribution in [3.8, 4) is 0 Å². The van der Waals surface area contributed by atoms with Gasteiger partial charge < -0.3 is 5.32 Å². The maximum absolute atomic E-state index is 12.7. The number of nitrogens with zero attached hydrogens (tertiary/aromatic N) is 1. The first-order chi connectivity index (χ1) is 12.7. The summed E-state index contributed by atoms with van der Waals surface area (Å²) < 4.78 is 25.9. The molecule has 0 aliphatic heterocycles. The Bertz CT molecular complexity index is 869. The number of nitrogens with one attached hydrogen (secondary N) is 1. The number of rotatable bonds is 8. The van der Waals surface area contributed by atoms with Gasteiger partial charge in [-0.05, 0) is 36.6 Å². The fourth-order valence-electron chi connectivity index (χ4n) is 2.82. The van der Waals surface area contributed by atoms with Gasteiger partial charge in [-0.2, -0.15) is 0 Å². The van der Waals surface area contributed by atoms with Crippen LogP contribution >= 0.6 is 23.2 Å². The minimum atomic E-state index is -3.73. The molecule has 0 unspecified atom stereocenters. The molecule has 0 fully saturated rings. The van der Waals surface area contributed by atoms with Gasteiger partial charge in [0, 0.05) is 16.6 Å². The van der Waals surface area contributed by atoms with Crippen LogP contribution in [0.4, 0.5) is 5.69 Å². The van der Waals surface area contributed by atoms with E-state index in [-0.39, 0.29) is 11.6 Å². The third kappa shape index (κ3) is 6.13. The quantitative estimate of drug-likeness (QED) is 0.692. The fourth-order valence-corrected chi connectivity index (χ4v) is 4.53. The summed E-state index contributed by atoms with van der Waals surface area (Å²) in [6, 6.07) is 13.3. The number of halogens is 2. The first-order valence-electron chi connectivity index (χ1n) is 8.49. The summed E-state index contributed by atoms with van der Waals surface area (Å²) >= 11 is 12.0. The van der Waals surface area contributed by atoms with Crippen LogP contribution in [-0.4, -0.2) is 33.2 Å². The molecule has 0 bridgehead atoms. The summed E-state index contributed by atoms with van der Waals surface area (Å²) in [6.07, 6.45) is 2.01. The second-order valence-corrected chi connectivity index (χ2v) is 8.87. The van der Waals surface area contributed by atoms with Gasteiger partial charge in [0.2, 0.25) is 15.9 Å². The molecule has 0 saturated heterocycles. The van der Waals surface area contributed by atoms with Crippen LogP contribution in [0.15, 0.2) is 48.5 Å². The van der Waals surface area contributed by atoms with Gasteiger partial charge in [-0.1, -0.05) is 60.5 Å². The van der Waals surface area contributed by atoms with Crippen LogP contribution in [0.1, 0.15) is 18.9 Å². The van der Waals surface area contributed by atoms with E-state index in [2.05, 4.69) is 5.32 Å². The van der Waals surface area contributed by atoms with E-state index in [0.717, 1.165) is 16.1 Å². The van der Waals surface area contributed by atoms with Crippen molar-refractivity contribution < 1.29 is 13.2 Å². The van der Waals surface area contributed by atoms with Crippen LogP contribution in [0.5, 0.6) is 0 Å². The van der Waals surface area contributed by atoms with E-state index in [4.69, 9.17) is 23.2 Å². The monoisotopic (exact) mass is 428 g/mol. The summed E-state index contributed by atoms with van der Waals surface area (Å²) in [7, 11) is -3.73. The lowest BCUT2D eigenvalue weighted by molar-refractivity contribution is -0.122. The zero-order valence-electron chi connectivity index (χ0n) is 15.2. The van der Waals surface area contributed by atoms with Crippen molar-refractivity contribution in [3.05, 3.63) is 64.1 Å². The van der Waals surface area contributed by atoms with Gasteiger partial charge >= 0.3 is 0 Å². The Morgan fingerprint density at radius 3 is 2.22 bits per heavy atom. The lowest BCUT2D eigenvalue weighted by Crippen LogP contribution is -2.49. The molecule has 146 valence electrons. The number of carbonyl (C=O) groups is 1. The maximum Gasteiger partial charge on any atom is 0.243 e. The summed E-state index contributed by atoms with van der Waals surface area (Å²) in [5.74, 6) is -0.366. The Labute approximate surface area is 170 Å². The molecule has 1 amide bonds. The molecule has 0 aliphatic carbocycles. The van der Waals surface area contributed by atoms with E-state index in [1.54, 1.807) is 6.92 Å². The molecule has 0 spiro atoms. The predicted molar refractivity (Wildman–Crippen MR) is 111 cm³/mol. The van der Waals surface area contributed by atoms with Gasteiger partial charge in [-0.25, -0.2) is 8.42 Å². The van der Waals surface area contributed by atoms with Gasteiger partial charge in [-0.15, -0.1) is 0 Å².